The van der Waals surface area contributed by atoms with Gasteiger partial charge in [-0.2, -0.15) is 0 Å². The Balaban J connectivity index is 1.80. The summed E-state index contributed by atoms with van der Waals surface area (Å²) in [4.78, 5) is 33.8. The van der Waals surface area contributed by atoms with E-state index < -0.39 is 0 Å². The summed E-state index contributed by atoms with van der Waals surface area (Å²) in [5.74, 6) is 0.164. The molecular formula is C24H32N4O2. The second-order valence-electron chi connectivity index (χ2n) is 8.16. The summed E-state index contributed by atoms with van der Waals surface area (Å²) in [5, 5.41) is 0. The first-order valence-electron chi connectivity index (χ1n) is 10.4. The quantitative estimate of drug-likeness (QED) is 0.736. The van der Waals surface area contributed by atoms with Crippen molar-refractivity contribution in [1.82, 2.24) is 19.6 Å². The molecule has 2 amide bonds. The fourth-order valence-corrected chi connectivity index (χ4v) is 4.03. The van der Waals surface area contributed by atoms with E-state index in [0.29, 0.717) is 0 Å². The van der Waals surface area contributed by atoms with Gasteiger partial charge in [-0.05, 0) is 11.1 Å². The number of rotatable bonds is 6. The summed E-state index contributed by atoms with van der Waals surface area (Å²) in [5.41, 5.74) is 2.02. The normalized spacial score (nSPS) is 17.2. The molecule has 30 heavy (non-hydrogen) atoms. The van der Waals surface area contributed by atoms with Crippen LogP contribution in [0.5, 0.6) is 0 Å². The van der Waals surface area contributed by atoms with Crippen LogP contribution in [0.1, 0.15) is 23.2 Å². The van der Waals surface area contributed by atoms with Gasteiger partial charge in [-0.1, -0.05) is 60.7 Å². The molecule has 2 aromatic rings. The van der Waals surface area contributed by atoms with Crippen molar-refractivity contribution >= 4 is 11.8 Å². The molecular weight excluding hydrogens is 376 g/mol. The standard InChI is InChI=1S/C24H32N4O2/c1-25(2)23(29)21(19-11-7-5-8-12-19)27-15-17-28(18-16-27)22(24(30)26(3)4)20-13-9-6-10-14-20/h5-14,21-22H,15-18H2,1-4H3/t21-,22+. The van der Waals surface area contributed by atoms with Crippen LogP contribution in [-0.4, -0.2) is 85.8 Å². The lowest BCUT2D eigenvalue weighted by Crippen LogP contribution is -2.53. The molecule has 2 aromatic carbocycles. The number of benzene rings is 2. The van der Waals surface area contributed by atoms with Crippen LogP contribution in [0.3, 0.4) is 0 Å². The van der Waals surface area contributed by atoms with E-state index in [9.17, 15) is 9.59 Å². The van der Waals surface area contributed by atoms with E-state index in [2.05, 4.69) is 9.80 Å². The molecule has 0 bridgehead atoms. The van der Waals surface area contributed by atoms with Gasteiger partial charge in [-0.25, -0.2) is 0 Å². The summed E-state index contributed by atoms with van der Waals surface area (Å²) in [6.07, 6.45) is 0. The van der Waals surface area contributed by atoms with Gasteiger partial charge in [-0.15, -0.1) is 0 Å². The minimum absolute atomic E-state index is 0.0821. The third-order valence-corrected chi connectivity index (χ3v) is 5.66. The Morgan fingerprint density at radius 3 is 1.20 bits per heavy atom. The van der Waals surface area contributed by atoms with Gasteiger partial charge in [0.15, 0.2) is 0 Å². The maximum atomic E-state index is 13.0. The average Bonchev–Trinajstić information content (AvgIpc) is 2.76. The van der Waals surface area contributed by atoms with E-state index in [1.165, 1.54) is 0 Å². The number of likely N-dealkylation sites (N-methyl/N-ethyl adjacent to an activating group) is 2. The summed E-state index contributed by atoms with van der Waals surface area (Å²) >= 11 is 0. The zero-order valence-corrected chi connectivity index (χ0v) is 18.4. The Morgan fingerprint density at radius 2 is 0.933 bits per heavy atom. The van der Waals surface area contributed by atoms with Gasteiger partial charge in [0.25, 0.3) is 0 Å². The zero-order valence-electron chi connectivity index (χ0n) is 18.4. The molecule has 0 aliphatic carbocycles. The highest BCUT2D eigenvalue weighted by molar-refractivity contribution is 5.83. The van der Waals surface area contributed by atoms with Crippen molar-refractivity contribution in [1.29, 1.82) is 0 Å². The van der Waals surface area contributed by atoms with E-state index in [1.54, 1.807) is 38.0 Å². The minimum atomic E-state index is -0.303. The highest BCUT2D eigenvalue weighted by Gasteiger charge is 2.35. The molecule has 2 atom stereocenters. The summed E-state index contributed by atoms with van der Waals surface area (Å²) in [6, 6.07) is 19.3. The van der Waals surface area contributed by atoms with Gasteiger partial charge in [0.2, 0.25) is 11.8 Å². The molecule has 1 aliphatic heterocycles. The SMILES string of the molecule is CN(C)C(=O)[C@H](c1ccccc1)N1CCN([C@@H](C(=O)N(C)C)c2ccccc2)CC1. The number of carbonyl (C=O) groups is 2. The number of carbonyl (C=O) groups excluding carboxylic acids is 2. The van der Waals surface area contributed by atoms with Crippen LogP contribution in [0, 0.1) is 0 Å². The molecule has 0 aromatic heterocycles. The first-order valence-corrected chi connectivity index (χ1v) is 10.4. The van der Waals surface area contributed by atoms with Gasteiger partial charge >= 0.3 is 0 Å². The van der Waals surface area contributed by atoms with Gasteiger partial charge in [-0.3, -0.25) is 19.4 Å². The number of hydrogen-bond donors (Lipinski definition) is 0. The van der Waals surface area contributed by atoms with Crippen LogP contribution in [0.4, 0.5) is 0 Å². The van der Waals surface area contributed by atoms with Crippen LogP contribution in [-0.2, 0) is 9.59 Å². The lowest BCUT2D eigenvalue weighted by molar-refractivity contribution is -0.139. The largest absolute Gasteiger partial charge is 0.347 e. The van der Waals surface area contributed by atoms with Crippen molar-refractivity contribution in [2.45, 2.75) is 12.1 Å². The predicted octanol–water partition coefficient (Wildman–Crippen LogP) is 2.26. The first kappa shape index (κ1) is 22.0. The maximum absolute atomic E-state index is 13.0. The van der Waals surface area contributed by atoms with E-state index in [0.717, 1.165) is 37.3 Å². The molecule has 3 rings (SSSR count). The highest BCUT2D eigenvalue weighted by Crippen LogP contribution is 2.28. The van der Waals surface area contributed by atoms with Crippen LogP contribution in [0.15, 0.2) is 60.7 Å². The molecule has 0 N–H and O–H groups in total. The van der Waals surface area contributed by atoms with Crippen LogP contribution < -0.4 is 0 Å². The number of amides is 2. The Hall–Kier alpha value is -2.70. The van der Waals surface area contributed by atoms with Crippen LogP contribution in [0.2, 0.25) is 0 Å². The molecule has 1 fully saturated rings. The smallest absolute Gasteiger partial charge is 0.244 e. The van der Waals surface area contributed by atoms with Gasteiger partial charge in [0.05, 0.1) is 0 Å². The molecule has 1 aliphatic rings. The summed E-state index contributed by atoms with van der Waals surface area (Å²) in [7, 11) is 7.21. The van der Waals surface area contributed by atoms with Gasteiger partial charge in [0, 0.05) is 54.4 Å². The lowest BCUT2D eigenvalue weighted by Gasteiger charge is -2.42. The molecule has 160 valence electrons. The molecule has 0 radical (unpaired) electrons. The van der Waals surface area contributed by atoms with Crippen molar-refractivity contribution in [3.63, 3.8) is 0 Å². The second-order valence-corrected chi connectivity index (χ2v) is 8.16. The molecule has 0 spiro atoms. The Morgan fingerprint density at radius 1 is 0.633 bits per heavy atom. The van der Waals surface area contributed by atoms with Crippen molar-refractivity contribution < 1.29 is 9.59 Å². The lowest BCUT2D eigenvalue weighted by atomic mass is 10.0. The third kappa shape index (κ3) is 4.89. The summed E-state index contributed by atoms with van der Waals surface area (Å²) < 4.78 is 0. The fraction of sp³-hybridized carbons (Fsp3) is 0.417. The van der Waals surface area contributed by atoms with Crippen LogP contribution in [0.25, 0.3) is 0 Å². The van der Waals surface area contributed by atoms with Gasteiger partial charge < -0.3 is 9.80 Å². The Bertz CT molecular complexity index is 759. The number of piperazine rings is 1. The maximum Gasteiger partial charge on any atom is 0.244 e. The van der Waals surface area contributed by atoms with E-state index in [-0.39, 0.29) is 23.9 Å². The van der Waals surface area contributed by atoms with Crippen molar-refractivity contribution in [2.24, 2.45) is 0 Å². The topological polar surface area (TPSA) is 47.1 Å². The molecule has 0 saturated carbocycles. The molecule has 6 heteroatoms. The first-order chi connectivity index (χ1) is 14.4. The number of hydrogen-bond acceptors (Lipinski definition) is 4. The number of nitrogens with zero attached hydrogens (tertiary/aromatic N) is 4. The molecule has 1 heterocycles. The van der Waals surface area contributed by atoms with E-state index >= 15 is 0 Å². The zero-order chi connectivity index (χ0) is 21.7. The molecule has 0 unspecified atom stereocenters. The van der Waals surface area contributed by atoms with Gasteiger partial charge in [0.1, 0.15) is 12.1 Å². The third-order valence-electron chi connectivity index (χ3n) is 5.66. The predicted molar refractivity (Wildman–Crippen MR) is 119 cm³/mol. The van der Waals surface area contributed by atoms with Crippen LogP contribution >= 0.6 is 0 Å². The summed E-state index contributed by atoms with van der Waals surface area (Å²) in [6.45, 7) is 2.90. The van der Waals surface area contributed by atoms with Crippen molar-refractivity contribution in [2.75, 3.05) is 54.4 Å². The molecule has 1 saturated heterocycles. The highest BCUT2D eigenvalue weighted by atomic mass is 16.2. The Labute approximate surface area is 179 Å². The fourth-order valence-electron chi connectivity index (χ4n) is 4.03. The van der Waals surface area contributed by atoms with E-state index in [4.69, 9.17) is 0 Å². The monoisotopic (exact) mass is 408 g/mol. The van der Waals surface area contributed by atoms with E-state index in [1.807, 2.05) is 60.7 Å². The Kier molecular flexibility index (Phi) is 7.24. The molecule has 6 nitrogen and oxygen atoms in total. The average molecular weight is 409 g/mol. The minimum Gasteiger partial charge on any atom is -0.347 e. The van der Waals surface area contributed by atoms with Crippen molar-refractivity contribution in [3.8, 4) is 0 Å². The van der Waals surface area contributed by atoms with Crippen molar-refractivity contribution in [3.05, 3.63) is 71.8 Å². The second kappa shape index (κ2) is 9.87.